The molecule has 0 radical (unpaired) electrons. The maximum absolute atomic E-state index is 12.7. The number of carbonyl (C=O) groups is 2. The lowest BCUT2D eigenvalue weighted by molar-refractivity contribution is -0.121. The lowest BCUT2D eigenvalue weighted by atomic mass is 10.0. The molecule has 1 aromatic heterocycles. The highest BCUT2D eigenvalue weighted by Crippen LogP contribution is 2.23. The van der Waals surface area contributed by atoms with Gasteiger partial charge in [-0.25, -0.2) is 4.98 Å². The molecule has 3 rings (SSSR count). The van der Waals surface area contributed by atoms with Gasteiger partial charge in [-0.05, 0) is 36.5 Å². The van der Waals surface area contributed by atoms with Crippen molar-refractivity contribution in [2.45, 2.75) is 45.1 Å². The monoisotopic (exact) mass is 361 g/mol. The second-order valence-corrected chi connectivity index (χ2v) is 6.39. The normalized spacial score (nSPS) is 13.0. The van der Waals surface area contributed by atoms with E-state index in [-0.39, 0.29) is 43.3 Å². The third-order valence-electron chi connectivity index (χ3n) is 4.63. The van der Waals surface area contributed by atoms with Gasteiger partial charge in [0.15, 0.2) is 5.78 Å². The highest BCUT2D eigenvalue weighted by molar-refractivity contribution is 5.98. The molecule has 0 atom stereocenters. The summed E-state index contributed by atoms with van der Waals surface area (Å²) in [5, 5.41) is 2.65. The van der Waals surface area contributed by atoms with Gasteiger partial charge in [-0.2, -0.15) is 8.78 Å². The van der Waals surface area contributed by atoms with E-state index in [0.717, 1.165) is 23.8 Å². The fourth-order valence-electron chi connectivity index (χ4n) is 3.23. The number of aromatic nitrogens is 2. The maximum atomic E-state index is 12.7. The third kappa shape index (κ3) is 4.33. The predicted molar refractivity (Wildman–Crippen MR) is 92.2 cm³/mol. The van der Waals surface area contributed by atoms with E-state index in [1.54, 1.807) is 0 Å². The molecule has 138 valence electrons. The van der Waals surface area contributed by atoms with E-state index in [4.69, 9.17) is 0 Å². The quantitative estimate of drug-likeness (QED) is 0.735. The van der Waals surface area contributed by atoms with Crippen LogP contribution in [0.5, 0.6) is 0 Å². The van der Waals surface area contributed by atoms with Gasteiger partial charge in [-0.15, -0.1) is 0 Å². The van der Waals surface area contributed by atoms with Crippen LogP contribution in [0.25, 0.3) is 0 Å². The first-order valence-electron chi connectivity index (χ1n) is 8.76. The molecule has 2 aromatic rings. The molecule has 1 heterocycles. The van der Waals surface area contributed by atoms with Gasteiger partial charge in [0.25, 0.3) is 0 Å². The first kappa shape index (κ1) is 18.2. The SMILES string of the molecule is O=C(CCC(=O)c1ccc2c(c1)CCC2)NCCc1nccn1C(F)F. The average molecular weight is 361 g/mol. The van der Waals surface area contributed by atoms with Gasteiger partial charge in [-0.3, -0.25) is 14.2 Å². The first-order valence-corrected chi connectivity index (χ1v) is 8.76. The highest BCUT2D eigenvalue weighted by Gasteiger charge is 2.15. The smallest absolute Gasteiger partial charge is 0.319 e. The molecular weight excluding hydrogens is 340 g/mol. The second-order valence-electron chi connectivity index (χ2n) is 6.39. The molecule has 1 N–H and O–H groups in total. The summed E-state index contributed by atoms with van der Waals surface area (Å²) in [5.74, 6) is -0.104. The minimum absolute atomic E-state index is 0.0527. The number of rotatable bonds is 8. The Balaban J connectivity index is 1.42. The average Bonchev–Trinajstić information content (AvgIpc) is 3.27. The van der Waals surface area contributed by atoms with Crippen molar-refractivity contribution in [2.24, 2.45) is 0 Å². The fourth-order valence-corrected chi connectivity index (χ4v) is 3.23. The molecule has 0 fully saturated rings. The van der Waals surface area contributed by atoms with Crippen LogP contribution in [0.2, 0.25) is 0 Å². The number of halogens is 2. The van der Waals surface area contributed by atoms with Crippen LogP contribution in [0.4, 0.5) is 8.78 Å². The van der Waals surface area contributed by atoms with Gasteiger partial charge < -0.3 is 5.32 Å². The van der Waals surface area contributed by atoms with E-state index >= 15 is 0 Å². The van der Waals surface area contributed by atoms with Crippen molar-refractivity contribution in [1.29, 1.82) is 0 Å². The van der Waals surface area contributed by atoms with Crippen LogP contribution in [0.15, 0.2) is 30.6 Å². The van der Waals surface area contributed by atoms with E-state index in [1.807, 2.05) is 18.2 Å². The van der Waals surface area contributed by atoms with Crippen molar-refractivity contribution in [1.82, 2.24) is 14.9 Å². The molecule has 7 heteroatoms. The van der Waals surface area contributed by atoms with Crippen LogP contribution < -0.4 is 5.32 Å². The Morgan fingerprint density at radius 1 is 1.19 bits per heavy atom. The van der Waals surface area contributed by atoms with Crippen LogP contribution in [-0.4, -0.2) is 27.8 Å². The van der Waals surface area contributed by atoms with E-state index in [9.17, 15) is 18.4 Å². The summed E-state index contributed by atoms with van der Waals surface area (Å²) in [6, 6.07) is 5.77. The van der Waals surface area contributed by atoms with Crippen LogP contribution in [0.1, 0.15) is 53.1 Å². The number of hydrogen-bond donors (Lipinski definition) is 1. The molecule has 1 aliphatic carbocycles. The number of Topliss-reactive ketones (excluding diaryl/α,β-unsaturated/α-hetero) is 1. The Hall–Kier alpha value is -2.57. The molecule has 0 spiro atoms. The van der Waals surface area contributed by atoms with Gasteiger partial charge in [-0.1, -0.05) is 12.1 Å². The molecule has 0 saturated heterocycles. The number of nitrogens with one attached hydrogen (secondary N) is 1. The number of amides is 1. The third-order valence-corrected chi connectivity index (χ3v) is 4.63. The Morgan fingerprint density at radius 3 is 2.81 bits per heavy atom. The highest BCUT2D eigenvalue weighted by atomic mass is 19.3. The molecular formula is C19H21F2N3O2. The molecule has 0 unspecified atom stereocenters. The van der Waals surface area contributed by atoms with Gasteiger partial charge in [0.05, 0.1) is 0 Å². The standard InChI is InChI=1S/C19H21F2N3O2/c20-19(21)24-11-10-22-17(24)8-9-23-18(26)7-6-16(25)15-5-4-13-2-1-3-14(13)12-15/h4-5,10-12,19H,1-3,6-9H2,(H,23,26). The number of aryl methyl sites for hydroxylation is 2. The number of alkyl halides is 2. The maximum Gasteiger partial charge on any atom is 0.319 e. The van der Waals surface area contributed by atoms with E-state index < -0.39 is 6.55 Å². The minimum Gasteiger partial charge on any atom is -0.356 e. The Labute approximate surface area is 150 Å². The Bertz CT molecular complexity index is 802. The van der Waals surface area contributed by atoms with Gasteiger partial charge in [0.1, 0.15) is 5.82 Å². The molecule has 5 nitrogen and oxygen atoms in total. The van der Waals surface area contributed by atoms with Gasteiger partial charge in [0.2, 0.25) is 5.91 Å². The zero-order chi connectivity index (χ0) is 18.5. The Morgan fingerprint density at radius 2 is 2.00 bits per heavy atom. The number of nitrogens with zero attached hydrogens (tertiary/aromatic N) is 2. The zero-order valence-corrected chi connectivity index (χ0v) is 14.4. The summed E-state index contributed by atoms with van der Waals surface area (Å²) in [4.78, 5) is 28.0. The van der Waals surface area contributed by atoms with Crippen LogP contribution in [0, 0.1) is 0 Å². The summed E-state index contributed by atoms with van der Waals surface area (Å²) in [7, 11) is 0. The summed E-state index contributed by atoms with van der Waals surface area (Å²) < 4.78 is 26.2. The second kappa shape index (κ2) is 8.21. The van der Waals surface area contributed by atoms with Crippen molar-refractivity contribution < 1.29 is 18.4 Å². The Kier molecular flexibility index (Phi) is 5.75. The fraction of sp³-hybridized carbons (Fsp3) is 0.421. The topological polar surface area (TPSA) is 64.0 Å². The lowest BCUT2D eigenvalue weighted by Gasteiger charge is -2.08. The van der Waals surface area contributed by atoms with Crippen LogP contribution >= 0.6 is 0 Å². The minimum atomic E-state index is -2.65. The van der Waals surface area contributed by atoms with E-state index in [2.05, 4.69) is 10.3 Å². The van der Waals surface area contributed by atoms with E-state index in [1.165, 1.54) is 23.5 Å². The molecule has 0 aliphatic heterocycles. The number of imidazole rings is 1. The number of fused-ring (bicyclic) bond motifs is 1. The van der Waals surface area contributed by atoms with Crippen molar-refractivity contribution >= 4 is 11.7 Å². The summed E-state index contributed by atoms with van der Waals surface area (Å²) in [6.07, 6.45) is 6.13. The summed E-state index contributed by atoms with van der Waals surface area (Å²) in [5.41, 5.74) is 3.19. The van der Waals surface area contributed by atoms with Gasteiger partial charge in [0, 0.05) is 43.8 Å². The molecule has 0 saturated carbocycles. The van der Waals surface area contributed by atoms with Crippen molar-refractivity contribution in [2.75, 3.05) is 6.54 Å². The largest absolute Gasteiger partial charge is 0.356 e. The van der Waals surface area contributed by atoms with Crippen LogP contribution in [-0.2, 0) is 24.1 Å². The number of carbonyl (C=O) groups excluding carboxylic acids is 2. The molecule has 26 heavy (non-hydrogen) atoms. The molecule has 1 amide bonds. The summed E-state index contributed by atoms with van der Waals surface area (Å²) >= 11 is 0. The predicted octanol–water partition coefficient (Wildman–Crippen LogP) is 3.09. The van der Waals surface area contributed by atoms with Crippen LogP contribution in [0.3, 0.4) is 0 Å². The number of benzene rings is 1. The van der Waals surface area contributed by atoms with Crippen molar-refractivity contribution in [3.8, 4) is 0 Å². The number of ketones is 1. The number of hydrogen-bond acceptors (Lipinski definition) is 3. The van der Waals surface area contributed by atoms with Crippen molar-refractivity contribution in [3.63, 3.8) is 0 Å². The first-order chi connectivity index (χ1) is 12.5. The molecule has 1 aromatic carbocycles. The molecule has 1 aliphatic rings. The summed E-state index contributed by atoms with van der Waals surface area (Å²) in [6.45, 7) is -2.44. The zero-order valence-electron chi connectivity index (χ0n) is 14.4. The van der Waals surface area contributed by atoms with E-state index in [0.29, 0.717) is 5.56 Å². The lowest BCUT2D eigenvalue weighted by Crippen LogP contribution is -2.26. The van der Waals surface area contributed by atoms with Crippen molar-refractivity contribution in [3.05, 3.63) is 53.1 Å². The molecule has 0 bridgehead atoms. The van der Waals surface area contributed by atoms with Gasteiger partial charge >= 0.3 is 6.55 Å².